The molecule has 2 aromatic heterocycles. The molecular formula is C30H29N5O3. The van der Waals surface area contributed by atoms with Gasteiger partial charge in [0.05, 0.1) is 37.6 Å². The van der Waals surface area contributed by atoms with Gasteiger partial charge in [-0.2, -0.15) is 5.26 Å². The van der Waals surface area contributed by atoms with E-state index >= 15 is 0 Å². The van der Waals surface area contributed by atoms with E-state index in [2.05, 4.69) is 33.1 Å². The molecule has 1 aliphatic carbocycles. The lowest BCUT2D eigenvalue weighted by molar-refractivity contribution is 0.122. The second kappa shape index (κ2) is 10.6. The van der Waals surface area contributed by atoms with Gasteiger partial charge in [-0.05, 0) is 54.7 Å². The fourth-order valence-corrected chi connectivity index (χ4v) is 4.79. The first kappa shape index (κ1) is 24.1. The molecular weight excluding hydrogens is 478 g/mol. The zero-order valence-electron chi connectivity index (χ0n) is 21.4. The third-order valence-corrected chi connectivity index (χ3v) is 7.10. The molecule has 192 valence electrons. The Kier molecular flexibility index (Phi) is 6.76. The maximum Gasteiger partial charge on any atom is 0.161 e. The second-order valence-corrected chi connectivity index (χ2v) is 9.72. The van der Waals surface area contributed by atoms with Gasteiger partial charge in [0.15, 0.2) is 11.5 Å². The van der Waals surface area contributed by atoms with Crippen LogP contribution in [0.5, 0.6) is 11.5 Å². The molecule has 0 radical (unpaired) electrons. The molecule has 0 bridgehead atoms. The van der Waals surface area contributed by atoms with Crippen molar-refractivity contribution < 1.29 is 14.2 Å². The van der Waals surface area contributed by atoms with E-state index in [0.29, 0.717) is 60.3 Å². The minimum absolute atomic E-state index is 0.418. The highest BCUT2D eigenvalue weighted by molar-refractivity contribution is 5.83. The summed E-state index contributed by atoms with van der Waals surface area (Å²) in [6.07, 6.45) is 6.71. The van der Waals surface area contributed by atoms with Crippen molar-refractivity contribution in [1.82, 2.24) is 15.0 Å². The Bertz CT molecular complexity index is 1490. The van der Waals surface area contributed by atoms with Crippen LogP contribution < -0.4 is 14.4 Å². The molecule has 1 aliphatic heterocycles. The van der Waals surface area contributed by atoms with Gasteiger partial charge in [-0.15, -0.1) is 0 Å². The minimum Gasteiger partial charge on any atom is -0.493 e. The monoisotopic (exact) mass is 507 g/mol. The number of hydrogen-bond donors (Lipinski definition) is 0. The van der Waals surface area contributed by atoms with E-state index in [0.717, 1.165) is 35.6 Å². The highest BCUT2D eigenvalue weighted by Gasteiger charge is 2.24. The summed E-state index contributed by atoms with van der Waals surface area (Å²) in [4.78, 5) is 16.1. The number of ether oxygens (including phenoxy) is 3. The number of benzene rings is 2. The second-order valence-electron chi connectivity index (χ2n) is 9.72. The molecule has 2 fully saturated rings. The summed E-state index contributed by atoms with van der Waals surface area (Å²) in [5.41, 5.74) is 5.98. The molecule has 2 aliphatic rings. The van der Waals surface area contributed by atoms with Crippen LogP contribution in [0.15, 0.2) is 54.9 Å². The van der Waals surface area contributed by atoms with Crippen molar-refractivity contribution in [2.24, 2.45) is 0 Å². The Balaban J connectivity index is 1.21. The van der Waals surface area contributed by atoms with Crippen LogP contribution in [-0.2, 0) is 17.8 Å². The summed E-state index contributed by atoms with van der Waals surface area (Å²) in [7, 11) is 1.64. The number of anilines is 1. The molecule has 0 amide bonds. The van der Waals surface area contributed by atoms with E-state index in [1.807, 2.05) is 36.5 Å². The number of pyridine rings is 1. The van der Waals surface area contributed by atoms with Crippen LogP contribution in [0.25, 0.3) is 11.0 Å². The summed E-state index contributed by atoms with van der Waals surface area (Å²) in [5, 5.41) is 10.1. The normalized spacial score (nSPS) is 15.3. The average Bonchev–Trinajstić information content (AvgIpc) is 3.82. The maximum absolute atomic E-state index is 10.1. The Morgan fingerprint density at radius 1 is 1.00 bits per heavy atom. The van der Waals surface area contributed by atoms with Crippen molar-refractivity contribution in [3.05, 3.63) is 82.8 Å². The number of nitriles is 1. The smallest absolute Gasteiger partial charge is 0.161 e. The van der Waals surface area contributed by atoms with Crippen LogP contribution >= 0.6 is 0 Å². The predicted octanol–water partition coefficient (Wildman–Crippen LogP) is 4.79. The average molecular weight is 508 g/mol. The van der Waals surface area contributed by atoms with Crippen molar-refractivity contribution in [2.75, 3.05) is 38.3 Å². The topological polar surface area (TPSA) is 93.4 Å². The van der Waals surface area contributed by atoms with Crippen LogP contribution in [0.4, 0.5) is 5.82 Å². The van der Waals surface area contributed by atoms with Gasteiger partial charge in [-0.1, -0.05) is 18.2 Å². The molecule has 1 saturated carbocycles. The van der Waals surface area contributed by atoms with Crippen LogP contribution in [0, 0.1) is 11.3 Å². The van der Waals surface area contributed by atoms with Crippen molar-refractivity contribution in [1.29, 1.82) is 5.26 Å². The maximum atomic E-state index is 10.1. The van der Waals surface area contributed by atoms with E-state index < -0.39 is 0 Å². The summed E-state index contributed by atoms with van der Waals surface area (Å²) < 4.78 is 17.2. The lowest BCUT2D eigenvalue weighted by Crippen LogP contribution is -2.36. The van der Waals surface area contributed by atoms with Crippen molar-refractivity contribution in [3.63, 3.8) is 0 Å². The number of rotatable bonds is 8. The van der Waals surface area contributed by atoms with Gasteiger partial charge in [-0.3, -0.25) is 9.97 Å². The standard InChI is InChI=1S/C30H29N5O3/c1-36-28-15-20(3-9-27(28)38-19-21-2-7-25(32-17-21)22-4-5-22)14-23-6-8-26-30(24(23)16-31)34-29(18-33-26)35-10-12-37-13-11-35/h2-3,6-9,15,17-18,22H,4-5,10-14,19H2,1H3. The number of fused-ring (bicyclic) bond motifs is 1. The van der Waals surface area contributed by atoms with Crippen LogP contribution in [0.3, 0.4) is 0 Å². The fraction of sp³-hybridized carbons (Fsp3) is 0.333. The van der Waals surface area contributed by atoms with Gasteiger partial charge >= 0.3 is 0 Å². The van der Waals surface area contributed by atoms with E-state index in [1.165, 1.54) is 18.5 Å². The Morgan fingerprint density at radius 2 is 1.84 bits per heavy atom. The third kappa shape index (κ3) is 5.11. The highest BCUT2D eigenvalue weighted by atomic mass is 16.5. The van der Waals surface area contributed by atoms with Crippen LogP contribution in [0.1, 0.15) is 46.7 Å². The van der Waals surface area contributed by atoms with Crippen molar-refractivity contribution >= 4 is 16.9 Å². The van der Waals surface area contributed by atoms with Crippen molar-refractivity contribution in [2.45, 2.75) is 31.8 Å². The summed E-state index contributed by atoms with van der Waals surface area (Å²) in [6, 6.07) is 16.3. The number of methoxy groups -OCH3 is 1. The highest BCUT2D eigenvalue weighted by Crippen LogP contribution is 2.38. The van der Waals surface area contributed by atoms with Gasteiger partial charge < -0.3 is 19.1 Å². The quantitative estimate of drug-likeness (QED) is 0.336. The van der Waals surface area contributed by atoms with Gasteiger partial charge in [0, 0.05) is 36.5 Å². The molecule has 6 rings (SSSR count). The number of aromatic nitrogens is 3. The molecule has 0 unspecified atom stereocenters. The van der Waals surface area contributed by atoms with Crippen LogP contribution in [0.2, 0.25) is 0 Å². The molecule has 0 N–H and O–H groups in total. The largest absolute Gasteiger partial charge is 0.493 e. The lowest BCUT2D eigenvalue weighted by Gasteiger charge is -2.27. The molecule has 1 saturated heterocycles. The molecule has 2 aromatic carbocycles. The molecule has 4 aromatic rings. The summed E-state index contributed by atoms with van der Waals surface area (Å²) in [6.45, 7) is 3.27. The first-order valence-corrected chi connectivity index (χ1v) is 13.0. The summed E-state index contributed by atoms with van der Waals surface area (Å²) in [5.74, 6) is 2.73. The number of morpholine rings is 1. The first-order valence-electron chi connectivity index (χ1n) is 13.0. The number of hydrogen-bond acceptors (Lipinski definition) is 8. The van der Waals surface area contributed by atoms with E-state index in [1.54, 1.807) is 13.3 Å². The van der Waals surface area contributed by atoms with E-state index in [-0.39, 0.29) is 0 Å². The zero-order chi connectivity index (χ0) is 25.9. The molecule has 0 atom stereocenters. The van der Waals surface area contributed by atoms with E-state index in [9.17, 15) is 5.26 Å². The van der Waals surface area contributed by atoms with Crippen molar-refractivity contribution in [3.8, 4) is 17.6 Å². The predicted molar refractivity (Wildman–Crippen MR) is 144 cm³/mol. The van der Waals surface area contributed by atoms with Gasteiger partial charge in [0.25, 0.3) is 0 Å². The van der Waals surface area contributed by atoms with E-state index in [4.69, 9.17) is 19.2 Å². The molecule has 8 nitrogen and oxygen atoms in total. The minimum atomic E-state index is 0.418. The SMILES string of the molecule is COc1cc(Cc2ccc3ncc(N4CCOCC4)nc3c2C#N)ccc1OCc1ccc(C2CC2)nc1. The Morgan fingerprint density at radius 3 is 2.58 bits per heavy atom. The molecule has 3 heterocycles. The Hall–Kier alpha value is -4.22. The molecule has 8 heteroatoms. The van der Waals surface area contributed by atoms with Gasteiger partial charge in [-0.25, -0.2) is 4.98 Å². The fourth-order valence-electron chi connectivity index (χ4n) is 4.79. The van der Waals surface area contributed by atoms with Gasteiger partial charge in [0.2, 0.25) is 0 Å². The number of nitrogens with zero attached hydrogens (tertiary/aromatic N) is 5. The third-order valence-electron chi connectivity index (χ3n) is 7.10. The molecule has 38 heavy (non-hydrogen) atoms. The first-order chi connectivity index (χ1) is 18.7. The zero-order valence-corrected chi connectivity index (χ0v) is 21.4. The lowest BCUT2D eigenvalue weighted by atomic mass is 9.98. The Labute approximate surface area is 221 Å². The van der Waals surface area contributed by atoms with Crippen LogP contribution in [-0.4, -0.2) is 48.4 Å². The molecule has 0 spiro atoms. The van der Waals surface area contributed by atoms with Gasteiger partial charge in [0.1, 0.15) is 24.0 Å². The summed E-state index contributed by atoms with van der Waals surface area (Å²) >= 11 is 0.